The molecule has 1 aromatic heterocycles. The first kappa shape index (κ1) is 19.0. The van der Waals surface area contributed by atoms with E-state index in [9.17, 15) is 9.59 Å². The van der Waals surface area contributed by atoms with Crippen molar-refractivity contribution in [3.05, 3.63) is 47.4 Å². The average molecular weight is 372 g/mol. The lowest BCUT2D eigenvalue weighted by Crippen LogP contribution is -2.38. The lowest BCUT2D eigenvalue weighted by atomic mass is 9.86. The number of hydrogen-bond donors (Lipinski definition) is 1. The third kappa shape index (κ3) is 4.14. The van der Waals surface area contributed by atoms with E-state index < -0.39 is 5.91 Å². The molecule has 1 aliphatic heterocycles. The molecule has 0 unspecified atom stereocenters. The first-order valence-electron chi connectivity index (χ1n) is 8.88. The highest BCUT2D eigenvalue weighted by Crippen LogP contribution is 2.37. The van der Waals surface area contributed by atoms with E-state index in [1.54, 1.807) is 24.0 Å². The monoisotopic (exact) mass is 372 g/mol. The van der Waals surface area contributed by atoms with Gasteiger partial charge in [0.15, 0.2) is 12.4 Å². The SMILES string of the molecule is CCONC(=O)c1ccc(CN2C(=O)COc3ccc(C(C)(C)C)cc32)o1. The predicted octanol–water partition coefficient (Wildman–Crippen LogP) is 3.18. The second-order valence-corrected chi connectivity index (χ2v) is 7.33. The molecule has 0 radical (unpaired) electrons. The Labute approximate surface area is 158 Å². The van der Waals surface area contributed by atoms with Gasteiger partial charge in [-0.15, -0.1) is 0 Å². The van der Waals surface area contributed by atoms with Crippen LogP contribution in [0.3, 0.4) is 0 Å². The van der Waals surface area contributed by atoms with Gasteiger partial charge in [-0.25, -0.2) is 5.48 Å². The molecule has 0 spiro atoms. The maximum Gasteiger partial charge on any atom is 0.310 e. The summed E-state index contributed by atoms with van der Waals surface area (Å²) in [6.45, 7) is 8.64. The molecule has 2 heterocycles. The van der Waals surface area contributed by atoms with E-state index >= 15 is 0 Å². The first-order chi connectivity index (χ1) is 12.8. The molecule has 7 nitrogen and oxygen atoms in total. The molecule has 0 saturated heterocycles. The number of furan rings is 1. The topological polar surface area (TPSA) is 81.0 Å². The minimum Gasteiger partial charge on any atom is -0.482 e. The zero-order chi connectivity index (χ0) is 19.6. The summed E-state index contributed by atoms with van der Waals surface area (Å²) in [5, 5.41) is 0. The van der Waals surface area contributed by atoms with Gasteiger partial charge in [-0.1, -0.05) is 26.8 Å². The lowest BCUT2D eigenvalue weighted by Gasteiger charge is -2.30. The van der Waals surface area contributed by atoms with E-state index in [2.05, 4.69) is 26.3 Å². The van der Waals surface area contributed by atoms with Crippen LogP contribution in [-0.4, -0.2) is 25.0 Å². The standard InChI is InChI=1S/C20H24N2O5/c1-5-26-21-19(24)17-9-7-14(27-17)11-22-15-10-13(20(2,3)4)6-8-16(15)25-12-18(22)23/h6-10H,5,11-12H2,1-4H3,(H,21,24). The molecule has 7 heteroatoms. The molecule has 0 fully saturated rings. The molecule has 1 aromatic carbocycles. The normalized spacial score (nSPS) is 13.9. The molecule has 2 amide bonds. The van der Waals surface area contributed by atoms with Crippen molar-refractivity contribution in [1.29, 1.82) is 0 Å². The van der Waals surface area contributed by atoms with Crippen molar-refractivity contribution in [1.82, 2.24) is 5.48 Å². The molecule has 1 N–H and O–H groups in total. The van der Waals surface area contributed by atoms with Gasteiger partial charge in [0.05, 0.1) is 18.8 Å². The van der Waals surface area contributed by atoms with Crippen LogP contribution in [0.2, 0.25) is 0 Å². The minimum absolute atomic E-state index is 0.0275. The van der Waals surface area contributed by atoms with E-state index in [1.165, 1.54) is 0 Å². The van der Waals surface area contributed by atoms with Gasteiger partial charge >= 0.3 is 5.91 Å². The highest BCUT2D eigenvalue weighted by atomic mass is 16.7. The number of carbonyl (C=O) groups is 2. The van der Waals surface area contributed by atoms with Crippen LogP contribution >= 0.6 is 0 Å². The van der Waals surface area contributed by atoms with Gasteiger partial charge in [0, 0.05) is 0 Å². The van der Waals surface area contributed by atoms with Gasteiger partial charge in [0.25, 0.3) is 5.91 Å². The number of rotatable bonds is 5. The Morgan fingerprint density at radius 2 is 2.04 bits per heavy atom. The summed E-state index contributed by atoms with van der Waals surface area (Å²) >= 11 is 0. The number of nitrogens with one attached hydrogen (secondary N) is 1. The smallest absolute Gasteiger partial charge is 0.310 e. The van der Waals surface area contributed by atoms with Crippen molar-refractivity contribution in [2.75, 3.05) is 18.1 Å². The number of ether oxygens (including phenoxy) is 1. The first-order valence-corrected chi connectivity index (χ1v) is 8.88. The quantitative estimate of drug-likeness (QED) is 0.816. The highest BCUT2D eigenvalue weighted by Gasteiger charge is 2.28. The molecule has 0 saturated carbocycles. The maximum absolute atomic E-state index is 12.5. The average Bonchev–Trinajstić information content (AvgIpc) is 3.09. The second kappa shape index (κ2) is 7.44. The lowest BCUT2D eigenvalue weighted by molar-refractivity contribution is -0.121. The predicted molar refractivity (Wildman–Crippen MR) is 99.6 cm³/mol. The summed E-state index contributed by atoms with van der Waals surface area (Å²) in [7, 11) is 0. The summed E-state index contributed by atoms with van der Waals surface area (Å²) in [5.74, 6) is 0.655. The molecule has 1 aliphatic rings. The van der Waals surface area contributed by atoms with Crippen LogP contribution in [0, 0.1) is 0 Å². The van der Waals surface area contributed by atoms with Gasteiger partial charge < -0.3 is 9.15 Å². The molecule has 2 aromatic rings. The molecule has 0 aliphatic carbocycles. The highest BCUT2D eigenvalue weighted by molar-refractivity contribution is 5.98. The zero-order valence-corrected chi connectivity index (χ0v) is 16.0. The van der Waals surface area contributed by atoms with Crippen molar-refractivity contribution in [2.24, 2.45) is 0 Å². The Morgan fingerprint density at radius 1 is 1.26 bits per heavy atom. The third-order valence-electron chi connectivity index (χ3n) is 4.28. The largest absolute Gasteiger partial charge is 0.482 e. The summed E-state index contributed by atoms with van der Waals surface area (Å²) in [6.07, 6.45) is 0. The van der Waals surface area contributed by atoms with E-state index in [0.717, 1.165) is 5.56 Å². The van der Waals surface area contributed by atoms with Crippen LogP contribution in [0.5, 0.6) is 5.75 Å². The Bertz CT molecular complexity index is 850. The van der Waals surface area contributed by atoms with Crippen LogP contribution in [0.4, 0.5) is 5.69 Å². The number of hydroxylamine groups is 1. The number of carbonyl (C=O) groups excluding carboxylic acids is 2. The number of anilines is 1. The number of nitrogens with zero attached hydrogens (tertiary/aromatic N) is 1. The fourth-order valence-electron chi connectivity index (χ4n) is 2.77. The Hall–Kier alpha value is -2.80. The summed E-state index contributed by atoms with van der Waals surface area (Å²) in [4.78, 5) is 30.9. The van der Waals surface area contributed by atoms with Gasteiger partial charge in [-0.3, -0.25) is 19.3 Å². The fraction of sp³-hybridized carbons (Fsp3) is 0.400. The van der Waals surface area contributed by atoms with E-state index in [0.29, 0.717) is 23.8 Å². The van der Waals surface area contributed by atoms with E-state index in [-0.39, 0.29) is 30.2 Å². The molecule has 27 heavy (non-hydrogen) atoms. The maximum atomic E-state index is 12.5. The fourth-order valence-corrected chi connectivity index (χ4v) is 2.77. The Morgan fingerprint density at radius 3 is 2.74 bits per heavy atom. The zero-order valence-electron chi connectivity index (χ0n) is 16.0. The van der Waals surface area contributed by atoms with Gasteiger partial charge in [-0.05, 0) is 42.2 Å². The van der Waals surface area contributed by atoms with Gasteiger partial charge in [0.2, 0.25) is 0 Å². The van der Waals surface area contributed by atoms with Crippen molar-refractivity contribution < 1.29 is 23.6 Å². The van der Waals surface area contributed by atoms with Crippen molar-refractivity contribution in [2.45, 2.75) is 39.7 Å². The number of hydrogen-bond acceptors (Lipinski definition) is 5. The Kier molecular flexibility index (Phi) is 5.23. The molecular weight excluding hydrogens is 348 g/mol. The van der Waals surface area contributed by atoms with E-state index in [1.807, 2.05) is 18.2 Å². The molecule has 0 bridgehead atoms. The van der Waals surface area contributed by atoms with Crippen LogP contribution in [0.1, 0.15) is 49.6 Å². The van der Waals surface area contributed by atoms with Crippen molar-refractivity contribution >= 4 is 17.5 Å². The van der Waals surface area contributed by atoms with Crippen LogP contribution in [0.15, 0.2) is 34.7 Å². The summed E-state index contributed by atoms with van der Waals surface area (Å²) in [6, 6.07) is 9.10. The second-order valence-electron chi connectivity index (χ2n) is 7.33. The number of fused-ring (bicyclic) bond motifs is 1. The number of amides is 2. The van der Waals surface area contributed by atoms with Crippen molar-refractivity contribution in [3.63, 3.8) is 0 Å². The third-order valence-corrected chi connectivity index (χ3v) is 4.28. The Balaban J connectivity index is 1.85. The molecular formula is C20H24N2O5. The van der Waals surface area contributed by atoms with E-state index in [4.69, 9.17) is 14.0 Å². The van der Waals surface area contributed by atoms with Crippen LogP contribution < -0.4 is 15.1 Å². The summed E-state index contributed by atoms with van der Waals surface area (Å²) < 4.78 is 11.1. The molecule has 0 atom stereocenters. The number of benzene rings is 1. The van der Waals surface area contributed by atoms with Crippen LogP contribution in [0.25, 0.3) is 0 Å². The molecule has 144 valence electrons. The molecule has 3 rings (SSSR count). The van der Waals surface area contributed by atoms with Crippen molar-refractivity contribution in [3.8, 4) is 5.75 Å². The van der Waals surface area contributed by atoms with Gasteiger partial charge in [0.1, 0.15) is 11.5 Å². The van der Waals surface area contributed by atoms with Gasteiger partial charge in [-0.2, -0.15) is 0 Å². The van der Waals surface area contributed by atoms with Crippen LogP contribution in [-0.2, 0) is 21.6 Å². The summed E-state index contributed by atoms with van der Waals surface area (Å²) in [5.41, 5.74) is 4.02. The minimum atomic E-state index is -0.466.